The Bertz CT molecular complexity index is 1250. The maximum atomic E-state index is 15.0. The van der Waals surface area contributed by atoms with Crippen molar-refractivity contribution in [3.05, 3.63) is 0 Å². The minimum Gasteiger partial charge on any atom is -0.382 e. The van der Waals surface area contributed by atoms with E-state index >= 15 is 8.78 Å². The quantitative estimate of drug-likeness (QED) is 0.0367. The van der Waals surface area contributed by atoms with Gasteiger partial charge in [-0.15, -0.1) is 0 Å². The van der Waals surface area contributed by atoms with Gasteiger partial charge in [0, 0.05) is 33.8 Å². The predicted octanol–water partition coefficient (Wildman–Crippen LogP) is 8.27. The molecule has 0 aromatic heterocycles. The summed E-state index contributed by atoms with van der Waals surface area (Å²) in [7, 11) is -1.55. The molecule has 33 heteroatoms. The molecule has 0 bridgehead atoms. The minimum absolute atomic E-state index is 0.0706. The van der Waals surface area contributed by atoms with Crippen molar-refractivity contribution in [3.8, 4) is 0 Å². The Morgan fingerprint density at radius 2 is 0.525 bits per heavy atom. The second kappa shape index (κ2) is 22.0. The van der Waals surface area contributed by atoms with Crippen LogP contribution in [0.3, 0.4) is 0 Å². The first-order valence-corrected chi connectivity index (χ1v) is 18.3. The molecule has 0 fully saturated rings. The fraction of sp³-hybridized carbons (Fsp3) is 1.00. The first kappa shape index (κ1) is 59.2. The summed E-state index contributed by atoms with van der Waals surface area (Å²) < 4.78 is 365. The molecule has 0 radical (unpaired) electrons. The van der Waals surface area contributed by atoms with Crippen LogP contribution in [-0.4, -0.2) is 175 Å². The van der Waals surface area contributed by atoms with Crippen LogP contribution in [0.4, 0.5) is 101 Å². The van der Waals surface area contributed by atoms with Crippen molar-refractivity contribution in [2.45, 2.75) is 77.9 Å². The molecule has 9 nitrogen and oxygen atoms in total. The van der Waals surface area contributed by atoms with Gasteiger partial charge in [-0.25, -0.2) is 0 Å². The molecule has 0 aliphatic carbocycles. The molecule has 0 aromatic carbocycles. The van der Waals surface area contributed by atoms with Crippen molar-refractivity contribution >= 4 is 8.80 Å². The Morgan fingerprint density at radius 3 is 0.770 bits per heavy atom. The van der Waals surface area contributed by atoms with Crippen LogP contribution >= 0.6 is 0 Å². The number of methoxy groups -OCH3 is 3. The van der Waals surface area contributed by atoms with Crippen molar-refractivity contribution in [3.63, 3.8) is 0 Å². The van der Waals surface area contributed by atoms with E-state index in [0.29, 0.717) is 0 Å². The topological polar surface area (TPSA) is 83.1 Å². The van der Waals surface area contributed by atoms with E-state index in [4.69, 9.17) is 27.5 Å². The predicted molar refractivity (Wildman–Crippen MR) is 157 cm³/mol. The number of hydrogen-bond donors (Lipinski definition) is 0. The zero-order valence-electron chi connectivity index (χ0n) is 31.3. The normalized spacial score (nSPS) is 15.2. The highest BCUT2D eigenvalue weighted by Gasteiger charge is 2.98. The largest absolute Gasteiger partial charge is 0.501 e. The summed E-state index contributed by atoms with van der Waals surface area (Å²) in [5.74, 6) is -88.7. The maximum Gasteiger partial charge on any atom is 0.501 e. The molecular formula is C28H37F23O9Si. The molecule has 0 rings (SSSR count). The summed E-state index contributed by atoms with van der Waals surface area (Å²) in [6.07, 6.45) is -11.2. The number of ether oxygens (including phenoxy) is 6. The Kier molecular flexibility index (Phi) is 21.3. The third-order valence-electron chi connectivity index (χ3n) is 7.66. The first-order chi connectivity index (χ1) is 27.4. The van der Waals surface area contributed by atoms with Crippen LogP contribution in [0, 0.1) is 0 Å². The summed E-state index contributed by atoms with van der Waals surface area (Å²) in [4.78, 5) is 0. The third-order valence-corrected chi connectivity index (χ3v) is 10.5. The van der Waals surface area contributed by atoms with Gasteiger partial charge in [-0.3, -0.25) is 0 Å². The highest BCUT2D eigenvalue weighted by molar-refractivity contribution is 6.60. The SMILES string of the molecule is COCCOCCO[Si](CCC(F)(F)C(F)(F)C(F)(F)C(F)(F)C(F)(F)C(F)(F)C(F)(F)C(F)(F)C(F)(F)C(F)(F)C(F)(F)F)(OCCOCCOC)OCCOCCOC. The van der Waals surface area contributed by atoms with Crippen LogP contribution in [0.25, 0.3) is 0 Å². The molecule has 0 aliphatic rings. The molecule has 0 aliphatic heterocycles. The Morgan fingerprint density at radius 1 is 0.295 bits per heavy atom. The molecule has 368 valence electrons. The van der Waals surface area contributed by atoms with Gasteiger partial charge in [0.2, 0.25) is 0 Å². The van der Waals surface area contributed by atoms with E-state index in [-0.39, 0.29) is 39.6 Å². The van der Waals surface area contributed by atoms with Gasteiger partial charge < -0.3 is 41.7 Å². The smallest absolute Gasteiger partial charge is 0.382 e. The molecule has 0 spiro atoms. The van der Waals surface area contributed by atoms with E-state index in [1.165, 1.54) is 21.3 Å². The van der Waals surface area contributed by atoms with Gasteiger partial charge in [0.1, 0.15) is 0 Å². The lowest BCUT2D eigenvalue weighted by Gasteiger charge is -2.45. The van der Waals surface area contributed by atoms with Gasteiger partial charge in [-0.1, -0.05) is 0 Å². The fourth-order valence-corrected chi connectivity index (χ4v) is 6.58. The number of alkyl halides is 23. The second-order valence-corrected chi connectivity index (χ2v) is 14.6. The summed E-state index contributed by atoms with van der Waals surface area (Å²) in [6.45, 7) is -4.92. The summed E-state index contributed by atoms with van der Waals surface area (Å²) in [5, 5.41) is 0. The lowest BCUT2D eigenvalue weighted by Crippen LogP contribution is -2.77. The van der Waals surface area contributed by atoms with E-state index in [0.717, 1.165) is 0 Å². The zero-order valence-corrected chi connectivity index (χ0v) is 32.3. The lowest BCUT2D eigenvalue weighted by atomic mass is 9.85. The van der Waals surface area contributed by atoms with Crippen molar-refractivity contribution < 1.29 is 143 Å². The highest BCUT2D eigenvalue weighted by Crippen LogP contribution is 2.67. The molecule has 0 heterocycles. The third kappa shape index (κ3) is 12.3. The Balaban J connectivity index is 7.06. The Labute approximate surface area is 330 Å². The van der Waals surface area contributed by atoms with Crippen molar-refractivity contribution in [1.82, 2.24) is 0 Å². The van der Waals surface area contributed by atoms with E-state index < -0.39 is 126 Å². The van der Waals surface area contributed by atoms with E-state index in [2.05, 4.69) is 14.2 Å². The maximum absolute atomic E-state index is 15.0. The van der Waals surface area contributed by atoms with Crippen LogP contribution in [-0.2, 0) is 41.7 Å². The van der Waals surface area contributed by atoms with E-state index in [9.17, 15) is 92.2 Å². The molecule has 0 unspecified atom stereocenters. The summed E-state index contributed by atoms with van der Waals surface area (Å²) >= 11 is 0. The zero-order chi connectivity index (χ0) is 48.3. The Hall–Kier alpha value is -1.75. The lowest BCUT2D eigenvalue weighted by molar-refractivity contribution is -0.478. The molecule has 0 saturated heterocycles. The van der Waals surface area contributed by atoms with Gasteiger partial charge in [0.25, 0.3) is 0 Å². The molecular weight excluding hydrogens is 945 g/mol. The highest BCUT2D eigenvalue weighted by atomic mass is 28.4. The van der Waals surface area contributed by atoms with E-state index in [1.54, 1.807) is 0 Å². The van der Waals surface area contributed by atoms with Crippen molar-refractivity contribution in [2.75, 3.05) is 101 Å². The first-order valence-electron chi connectivity index (χ1n) is 16.4. The monoisotopic (exact) mass is 982 g/mol. The van der Waals surface area contributed by atoms with Crippen molar-refractivity contribution in [1.29, 1.82) is 0 Å². The molecule has 61 heavy (non-hydrogen) atoms. The minimum atomic E-state index is -9.49. The van der Waals surface area contributed by atoms with Crippen LogP contribution in [0.15, 0.2) is 0 Å². The fourth-order valence-electron chi connectivity index (χ4n) is 4.10. The van der Waals surface area contributed by atoms with Crippen LogP contribution in [0.5, 0.6) is 0 Å². The van der Waals surface area contributed by atoms with Gasteiger partial charge in [0.15, 0.2) is 0 Å². The van der Waals surface area contributed by atoms with Gasteiger partial charge in [-0.2, -0.15) is 101 Å². The van der Waals surface area contributed by atoms with Crippen LogP contribution in [0.2, 0.25) is 6.04 Å². The molecule has 0 atom stereocenters. The van der Waals surface area contributed by atoms with Gasteiger partial charge in [-0.05, 0) is 0 Å². The van der Waals surface area contributed by atoms with Crippen LogP contribution in [0.1, 0.15) is 6.42 Å². The average Bonchev–Trinajstić information content (AvgIpc) is 3.13. The average molecular weight is 983 g/mol. The van der Waals surface area contributed by atoms with E-state index in [1.807, 2.05) is 0 Å². The van der Waals surface area contributed by atoms with Crippen molar-refractivity contribution in [2.24, 2.45) is 0 Å². The number of halogens is 23. The molecule has 0 amide bonds. The summed E-state index contributed by atoms with van der Waals surface area (Å²) in [5.41, 5.74) is 0. The molecule has 0 N–H and O–H groups in total. The molecule has 0 aromatic rings. The number of hydrogen-bond acceptors (Lipinski definition) is 9. The second-order valence-electron chi connectivity index (χ2n) is 11.9. The summed E-state index contributed by atoms with van der Waals surface area (Å²) in [6, 6.07) is -1.97. The standard InChI is InChI=1S/C28H37F23O9Si/c1-52-5-8-55-11-14-58-61(59-15-12-56-9-6-53-2,60-16-13-57-10-7-54-3)17-4-18(29,30)19(31,32)20(33,34)21(35,36)22(37,38)23(39,40)24(41,42)25(43,44)26(45,46)27(47,48)28(49,50)51/h4-17H2,1-3H3. The van der Waals surface area contributed by atoms with Crippen LogP contribution < -0.4 is 0 Å². The molecule has 0 saturated carbocycles. The van der Waals surface area contributed by atoms with Gasteiger partial charge in [0.05, 0.1) is 79.3 Å². The van der Waals surface area contributed by atoms with Gasteiger partial charge >= 0.3 is 74.2 Å². The number of rotatable bonds is 33.